The molecule has 0 saturated carbocycles. The fraction of sp³-hybridized carbons (Fsp3) is 0.611. The maximum atomic E-state index is 12.2. The SMILES string of the molecule is CCCC(CCN)CCC(=O)c1ccc(OC(C)C)cc1. The first-order chi connectivity index (χ1) is 10.1. The van der Waals surface area contributed by atoms with Gasteiger partial charge in [-0.25, -0.2) is 0 Å². The second kappa shape index (κ2) is 9.56. The molecule has 0 radical (unpaired) electrons. The van der Waals surface area contributed by atoms with Gasteiger partial charge in [0.15, 0.2) is 5.78 Å². The van der Waals surface area contributed by atoms with Crippen molar-refractivity contribution in [1.82, 2.24) is 0 Å². The Balaban J connectivity index is 2.50. The lowest BCUT2D eigenvalue weighted by Gasteiger charge is -2.14. The highest BCUT2D eigenvalue weighted by atomic mass is 16.5. The predicted molar refractivity (Wildman–Crippen MR) is 87.8 cm³/mol. The molecule has 0 saturated heterocycles. The van der Waals surface area contributed by atoms with E-state index < -0.39 is 0 Å². The Bertz CT molecular complexity index is 406. The van der Waals surface area contributed by atoms with Crippen molar-refractivity contribution in [3.05, 3.63) is 29.8 Å². The summed E-state index contributed by atoms with van der Waals surface area (Å²) in [6, 6.07) is 7.46. The first kappa shape index (κ1) is 17.7. The van der Waals surface area contributed by atoms with E-state index in [4.69, 9.17) is 10.5 Å². The van der Waals surface area contributed by atoms with Gasteiger partial charge < -0.3 is 10.5 Å². The Morgan fingerprint density at radius 1 is 1.14 bits per heavy atom. The van der Waals surface area contributed by atoms with Crippen LogP contribution in [-0.2, 0) is 0 Å². The van der Waals surface area contributed by atoms with Gasteiger partial charge >= 0.3 is 0 Å². The summed E-state index contributed by atoms with van der Waals surface area (Å²) in [6.07, 6.45) is 5.02. The fourth-order valence-electron chi connectivity index (χ4n) is 2.55. The van der Waals surface area contributed by atoms with E-state index >= 15 is 0 Å². The Kier molecular flexibility index (Phi) is 8.06. The van der Waals surface area contributed by atoms with Crippen molar-refractivity contribution in [2.24, 2.45) is 11.7 Å². The number of rotatable bonds is 10. The second-order valence-corrected chi connectivity index (χ2v) is 5.88. The minimum Gasteiger partial charge on any atom is -0.491 e. The minimum absolute atomic E-state index is 0.151. The molecule has 2 N–H and O–H groups in total. The maximum absolute atomic E-state index is 12.2. The van der Waals surface area contributed by atoms with Crippen LogP contribution in [-0.4, -0.2) is 18.4 Å². The summed E-state index contributed by atoms with van der Waals surface area (Å²) in [5.41, 5.74) is 6.41. The van der Waals surface area contributed by atoms with Crippen LogP contribution in [0.4, 0.5) is 0 Å². The molecule has 1 aromatic rings. The quantitative estimate of drug-likeness (QED) is 0.657. The predicted octanol–water partition coefficient (Wildman–Crippen LogP) is 4.20. The number of carbonyl (C=O) groups excluding carboxylic acids is 1. The van der Waals surface area contributed by atoms with Crippen LogP contribution in [0.2, 0.25) is 0 Å². The van der Waals surface area contributed by atoms with Gasteiger partial charge in [-0.05, 0) is 63.4 Å². The van der Waals surface area contributed by atoms with Crippen molar-refractivity contribution in [2.45, 2.75) is 59.0 Å². The zero-order valence-electron chi connectivity index (χ0n) is 13.6. The number of ether oxygens (including phenoxy) is 1. The molecule has 0 heterocycles. The summed E-state index contributed by atoms with van der Waals surface area (Å²) >= 11 is 0. The van der Waals surface area contributed by atoms with Crippen LogP contribution < -0.4 is 10.5 Å². The molecular formula is C18H29NO2. The molecule has 0 aliphatic rings. The van der Waals surface area contributed by atoms with Crippen LogP contribution in [0.5, 0.6) is 5.75 Å². The number of hydrogen-bond acceptors (Lipinski definition) is 3. The summed E-state index contributed by atoms with van der Waals surface area (Å²) in [5, 5.41) is 0. The topological polar surface area (TPSA) is 52.3 Å². The van der Waals surface area contributed by atoms with Gasteiger partial charge in [0.05, 0.1) is 6.10 Å². The van der Waals surface area contributed by atoms with E-state index in [2.05, 4.69) is 6.92 Å². The van der Waals surface area contributed by atoms with Gasteiger partial charge in [-0.15, -0.1) is 0 Å². The molecule has 0 bridgehead atoms. The van der Waals surface area contributed by atoms with Gasteiger partial charge in [0, 0.05) is 12.0 Å². The largest absolute Gasteiger partial charge is 0.491 e. The van der Waals surface area contributed by atoms with Gasteiger partial charge in [0.1, 0.15) is 5.75 Å². The number of Topliss-reactive ketones (excluding diaryl/α,β-unsaturated/α-hetero) is 1. The van der Waals surface area contributed by atoms with Crippen molar-refractivity contribution in [1.29, 1.82) is 0 Å². The van der Waals surface area contributed by atoms with Crippen LogP contribution in [0.1, 0.15) is 63.2 Å². The number of nitrogens with two attached hydrogens (primary N) is 1. The number of ketones is 1. The molecule has 1 rings (SSSR count). The van der Waals surface area contributed by atoms with Gasteiger partial charge in [0.25, 0.3) is 0 Å². The minimum atomic E-state index is 0.151. The second-order valence-electron chi connectivity index (χ2n) is 5.88. The molecule has 1 unspecified atom stereocenters. The van der Waals surface area contributed by atoms with E-state index in [1.807, 2.05) is 38.1 Å². The smallest absolute Gasteiger partial charge is 0.162 e. The Morgan fingerprint density at radius 2 is 1.81 bits per heavy atom. The fourth-order valence-corrected chi connectivity index (χ4v) is 2.55. The standard InChI is InChI=1S/C18H29NO2/c1-4-5-15(12-13-19)6-11-18(20)16-7-9-17(10-8-16)21-14(2)3/h7-10,14-15H,4-6,11-13,19H2,1-3H3. The van der Waals surface area contributed by atoms with E-state index in [0.717, 1.165) is 37.0 Å². The van der Waals surface area contributed by atoms with Crippen molar-refractivity contribution < 1.29 is 9.53 Å². The Hall–Kier alpha value is -1.35. The highest BCUT2D eigenvalue weighted by Gasteiger charge is 2.12. The number of hydrogen-bond donors (Lipinski definition) is 1. The molecule has 0 spiro atoms. The lowest BCUT2D eigenvalue weighted by Crippen LogP contribution is -2.11. The highest BCUT2D eigenvalue weighted by molar-refractivity contribution is 5.96. The lowest BCUT2D eigenvalue weighted by molar-refractivity contribution is 0.0972. The van der Waals surface area contributed by atoms with Gasteiger partial charge in [-0.2, -0.15) is 0 Å². The van der Waals surface area contributed by atoms with Crippen molar-refractivity contribution >= 4 is 5.78 Å². The van der Waals surface area contributed by atoms with E-state index in [-0.39, 0.29) is 11.9 Å². The normalized spacial score (nSPS) is 12.4. The van der Waals surface area contributed by atoms with Crippen LogP contribution in [0, 0.1) is 5.92 Å². The Morgan fingerprint density at radius 3 is 2.33 bits per heavy atom. The Labute approximate surface area is 128 Å². The first-order valence-corrected chi connectivity index (χ1v) is 8.06. The monoisotopic (exact) mass is 291 g/mol. The molecule has 118 valence electrons. The van der Waals surface area contributed by atoms with Crippen LogP contribution in [0.25, 0.3) is 0 Å². The number of benzene rings is 1. The van der Waals surface area contributed by atoms with Crippen LogP contribution in [0.3, 0.4) is 0 Å². The molecule has 1 atom stereocenters. The molecule has 21 heavy (non-hydrogen) atoms. The van der Waals surface area contributed by atoms with Gasteiger partial charge in [-0.3, -0.25) is 4.79 Å². The third kappa shape index (κ3) is 6.76. The molecule has 0 fully saturated rings. The van der Waals surface area contributed by atoms with Crippen molar-refractivity contribution in [3.63, 3.8) is 0 Å². The zero-order valence-corrected chi connectivity index (χ0v) is 13.6. The van der Waals surface area contributed by atoms with Crippen LogP contribution in [0.15, 0.2) is 24.3 Å². The third-order valence-electron chi connectivity index (χ3n) is 3.60. The van der Waals surface area contributed by atoms with E-state index in [1.165, 1.54) is 0 Å². The summed E-state index contributed by atoms with van der Waals surface area (Å²) in [5.74, 6) is 1.60. The highest BCUT2D eigenvalue weighted by Crippen LogP contribution is 2.20. The summed E-state index contributed by atoms with van der Waals surface area (Å²) in [6.45, 7) is 6.87. The van der Waals surface area contributed by atoms with E-state index in [0.29, 0.717) is 18.9 Å². The van der Waals surface area contributed by atoms with Crippen molar-refractivity contribution in [2.75, 3.05) is 6.54 Å². The molecule has 0 amide bonds. The zero-order chi connectivity index (χ0) is 15.7. The van der Waals surface area contributed by atoms with Crippen molar-refractivity contribution in [3.8, 4) is 5.75 Å². The molecular weight excluding hydrogens is 262 g/mol. The average Bonchev–Trinajstić information content (AvgIpc) is 2.45. The molecule has 0 aromatic heterocycles. The van der Waals surface area contributed by atoms with Gasteiger partial charge in [0.2, 0.25) is 0 Å². The van der Waals surface area contributed by atoms with E-state index in [1.54, 1.807) is 0 Å². The van der Waals surface area contributed by atoms with Gasteiger partial charge in [-0.1, -0.05) is 19.8 Å². The van der Waals surface area contributed by atoms with Crippen LogP contribution >= 0.6 is 0 Å². The van der Waals surface area contributed by atoms with E-state index in [9.17, 15) is 4.79 Å². The molecule has 1 aromatic carbocycles. The number of carbonyl (C=O) groups is 1. The molecule has 0 aliphatic heterocycles. The average molecular weight is 291 g/mol. The lowest BCUT2D eigenvalue weighted by atomic mass is 9.92. The maximum Gasteiger partial charge on any atom is 0.162 e. The first-order valence-electron chi connectivity index (χ1n) is 8.06. The summed E-state index contributed by atoms with van der Waals surface area (Å²) in [7, 11) is 0. The third-order valence-corrected chi connectivity index (χ3v) is 3.60. The molecule has 3 nitrogen and oxygen atoms in total. The summed E-state index contributed by atoms with van der Waals surface area (Å²) in [4.78, 5) is 12.2. The molecule has 3 heteroatoms. The summed E-state index contributed by atoms with van der Waals surface area (Å²) < 4.78 is 5.59. The molecule has 0 aliphatic carbocycles.